The molecule has 9 heteroatoms. The van der Waals surface area contributed by atoms with Crippen molar-refractivity contribution < 1.29 is 4.39 Å². The molecule has 0 bridgehead atoms. The minimum Gasteiger partial charge on any atom is -0.279 e. The van der Waals surface area contributed by atoms with Gasteiger partial charge in [0.05, 0.1) is 11.4 Å². The summed E-state index contributed by atoms with van der Waals surface area (Å²) in [6.45, 7) is 0. The van der Waals surface area contributed by atoms with E-state index in [-0.39, 0.29) is 17.0 Å². The maximum absolute atomic E-state index is 13.5. The fourth-order valence-electron chi connectivity index (χ4n) is 3.66. The number of rotatable bonds is 2. The molecule has 0 spiro atoms. The van der Waals surface area contributed by atoms with Crippen molar-refractivity contribution in [2.45, 2.75) is 0 Å². The number of halogens is 2. The second-order valence-corrected chi connectivity index (χ2v) is 7.43. The summed E-state index contributed by atoms with van der Waals surface area (Å²) < 4.78 is 19.3. The third-order valence-corrected chi connectivity index (χ3v) is 5.41. The van der Waals surface area contributed by atoms with E-state index in [2.05, 4.69) is 4.98 Å². The summed E-state index contributed by atoms with van der Waals surface area (Å²) in [5.74, 6) is 0.0867. The Labute approximate surface area is 173 Å². The third-order valence-electron chi connectivity index (χ3n) is 5.17. The maximum Gasteiger partial charge on any atom is 0.332 e. The van der Waals surface area contributed by atoms with Gasteiger partial charge in [-0.1, -0.05) is 17.7 Å². The zero-order valence-corrected chi connectivity index (χ0v) is 16.8. The Kier molecular flexibility index (Phi) is 3.94. The Bertz CT molecular complexity index is 1570. The molecule has 0 saturated heterocycles. The van der Waals surface area contributed by atoms with Gasteiger partial charge >= 0.3 is 5.69 Å². The van der Waals surface area contributed by atoms with Crippen molar-refractivity contribution in [1.82, 2.24) is 23.1 Å². The standard InChI is InChI=1S/C21H15ClFN5O2/c1-25-18-17(19(29)26(2)21(25)30)27-11-16(12-6-8-14(23)9-7-12)28(20(27)24-18)15-5-3-4-13(22)10-15/h3-11H,1-2H3. The number of imidazole rings is 2. The number of hydrogen-bond donors (Lipinski definition) is 0. The molecule has 0 radical (unpaired) electrons. The van der Waals surface area contributed by atoms with Crippen LogP contribution in [-0.4, -0.2) is 23.1 Å². The van der Waals surface area contributed by atoms with Gasteiger partial charge < -0.3 is 0 Å². The highest BCUT2D eigenvalue weighted by Gasteiger charge is 2.21. The summed E-state index contributed by atoms with van der Waals surface area (Å²) in [6, 6.07) is 13.2. The van der Waals surface area contributed by atoms with Gasteiger partial charge in [0.1, 0.15) is 5.82 Å². The van der Waals surface area contributed by atoms with Gasteiger partial charge in [-0.05, 0) is 42.5 Å². The predicted molar refractivity (Wildman–Crippen MR) is 113 cm³/mol. The van der Waals surface area contributed by atoms with E-state index in [1.54, 1.807) is 48.0 Å². The minimum absolute atomic E-state index is 0.277. The number of hydrogen-bond acceptors (Lipinski definition) is 3. The van der Waals surface area contributed by atoms with Crippen LogP contribution >= 0.6 is 11.6 Å². The van der Waals surface area contributed by atoms with Crippen molar-refractivity contribution in [3.8, 4) is 16.9 Å². The Morgan fingerprint density at radius 3 is 2.43 bits per heavy atom. The lowest BCUT2D eigenvalue weighted by molar-refractivity contribution is 0.628. The first-order chi connectivity index (χ1) is 14.4. The normalized spacial score (nSPS) is 11.6. The molecule has 5 rings (SSSR count). The van der Waals surface area contributed by atoms with Crippen molar-refractivity contribution in [2.24, 2.45) is 14.1 Å². The first-order valence-electron chi connectivity index (χ1n) is 9.08. The zero-order valence-electron chi connectivity index (χ0n) is 16.0. The molecule has 5 aromatic rings. The van der Waals surface area contributed by atoms with Crippen LogP contribution in [0.4, 0.5) is 4.39 Å². The van der Waals surface area contributed by atoms with Crippen molar-refractivity contribution in [3.63, 3.8) is 0 Å². The SMILES string of the molecule is Cn1c(=O)c2c(nc3n(-c4cccc(Cl)c4)c(-c4ccc(F)cc4)cn23)n(C)c1=O. The van der Waals surface area contributed by atoms with E-state index in [9.17, 15) is 14.0 Å². The van der Waals surface area contributed by atoms with E-state index in [0.717, 1.165) is 10.1 Å². The molecule has 0 fully saturated rings. The van der Waals surface area contributed by atoms with Crippen LogP contribution < -0.4 is 11.2 Å². The molecule has 0 N–H and O–H groups in total. The first kappa shape index (κ1) is 18.4. The molecule has 0 amide bonds. The van der Waals surface area contributed by atoms with E-state index in [1.165, 1.54) is 23.7 Å². The van der Waals surface area contributed by atoms with E-state index in [1.807, 2.05) is 10.6 Å². The topological polar surface area (TPSA) is 66.2 Å². The van der Waals surface area contributed by atoms with Gasteiger partial charge in [0, 0.05) is 30.9 Å². The molecule has 3 aromatic heterocycles. The summed E-state index contributed by atoms with van der Waals surface area (Å²) in [5.41, 5.74) is 1.79. The molecule has 2 aromatic carbocycles. The van der Waals surface area contributed by atoms with Crippen LogP contribution in [0, 0.1) is 5.82 Å². The third kappa shape index (κ3) is 2.54. The fraction of sp³-hybridized carbons (Fsp3) is 0.0952. The fourth-order valence-corrected chi connectivity index (χ4v) is 3.85. The van der Waals surface area contributed by atoms with Crippen molar-refractivity contribution >= 4 is 28.5 Å². The van der Waals surface area contributed by atoms with Gasteiger partial charge in [-0.3, -0.25) is 22.9 Å². The summed E-state index contributed by atoms with van der Waals surface area (Å²) in [7, 11) is 3.00. The molecule has 3 heterocycles. The highest BCUT2D eigenvalue weighted by atomic mass is 35.5. The van der Waals surface area contributed by atoms with Gasteiger partial charge in [0.15, 0.2) is 11.2 Å². The Morgan fingerprint density at radius 2 is 1.73 bits per heavy atom. The number of fused-ring (bicyclic) bond motifs is 3. The molecule has 0 aliphatic carbocycles. The quantitative estimate of drug-likeness (QED) is 0.438. The molecular formula is C21H15ClFN5O2. The van der Waals surface area contributed by atoms with Crippen LogP contribution in [0.25, 0.3) is 33.9 Å². The second kappa shape index (κ2) is 6.43. The number of nitrogens with zero attached hydrogens (tertiary/aromatic N) is 5. The first-order valence-corrected chi connectivity index (χ1v) is 9.46. The van der Waals surface area contributed by atoms with Gasteiger partial charge in [-0.15, -0.1) is 0 Å². The highest BCUT2D eigenvalue weighted by Crippen LogP contribution is 2.29. The van der Waals surface area contributed by atoms with Crippen molar-refractivity contribution in [2.75, 3.05) is 0 Å². The average molecular weight is 424 g/mol. The Hall–Kier alpha value is -3.65. The van der Waals surface area contributed by atoms with Gasteiger partial charge in [-0.25, -0.2) is 9.18 Å². The largest absolute Gasteiger partial charge is 0.332 e. The summed E-state index contributed by atoms with van der Waals surface area (Å²) in [4.78, 5) is 29.8. The van der Waals surface area contributed by atoms with E-state index in [4.69, 9.17) is 11.6 Å². The summed E-state index contributed by atoms with van der Waals surface area (Å²) in [6.07, 6.45) is 1.75. The monoisotopic (exact) mass is 423 g/mol. The summed E-state index contributed by atoms with van der Waals surface area (Å²) >= 11 is 6.21. The van der Waals surface area contributed by atoms with Crippen molar-refractivity contribution in [1.29, 1.82) is 0 Å². The van der Waals surface area contributed by atoms with E-state index < -0.39 is 11.2 Å². The molecule has 0 atom stereocenters. The smallest absolute Gasteiger partial charge is 0.279 e. The molecule has 30 heavy (non-hydrogen) atoms. The molecule has 150 valence electrons. The van der Waals surface area contributed by atoms with Gasteiger partial charge in [-0.2, -0.15) is 4.98 Å². The Balaban J connectivity index is 1.97. The molecule has 0 saturated carbocycles. The van der Waals surface area contributed by atoms with Crippen LogP contribution in [0.15, 0.2) is 64.3 Å². The molecule has 0 aliphatic rings. The van der Waals surface area contributed by atoms with Crippen LogP contribution in [0.5, 0.6) is 0 Å². The number of benzene rings is 2. The molecular weight excluding hydrogens is 409 g/mol. The lowest BCUT2D eigenvalue weighted by atomic mass is 10.1. The lowest BCUT2D eigenvalue weighted by Crippen LogP contribution is -2.37. The van der Waals surface area contributed by atoms with Gasteiger partial charge in [0.2, 0.25) is 5.78 Å². The lowest BCUT2D eigenvalue weighted by Gasteiger charge is -2.09. The van der Waals surface area contributed by atoms with Crippen LogP contribution in [0.3, 0.4) is 0 Å². The van der Waals surface area contributed by atoms with Crippen LogP contribution in [0.2, 0.25) is 5.02 Å². The van der Waals surface area contributed by atoms with Gasteiger partial charge in [0.25, 0.3) is 5.56 Å². The second-order valence-electron chi connectivity index (χ2n) is 7.00. The molecule has 7 nitrogen and oxygen atoms in total. The minimum atomic E-state index is -0.457. The van der Waals surface area contributed by atoms with Crippen molar-refractivity contribution in [3.05, 3.63) is 86.4 Å². The molecule has 0 unspecified atom stereocenters. The predicted octanol–water partition coefficient (Wildman–Crippen LogP) is 3.14. The average Bonchev–Trinajstić information content (AvgIpc) is 3.27. The Morgan fingerprint density at radius 1 is 1.00 bits per heavy atom. The zero-order chi connectivity index (χ0) is 21.2. The molecule has 0 aliphatic heterocycles. The van der Waals surface area contributed by atoms with E-state index in [0.29, 0.717) is 22.2 Å². The summed E-state index contributed by atoms with van der Waals surface area (Å²) in [5, 5.41) is 0.531. The maximum atomic E-state index is 13.5. The van der Waals surface area contributed by atoms with E-state index >= 15 is 0 Å². The van der Waals surface area contributed by atoms with Crippen LogP contribution in [0.1, 0.15) is 0 Å². The van der Waals surface area contributed by atoms with Crippen LogP contribution in [-0.2, 0) is 14.1 Å². The number of aryl methyl sites for hydroxylation is 1. The highest BCUT2D eigenvalue weighted by molar-refractivity contribution is 6.30. The number of aromatic nitrogens is 5.